The SMILES string of the molecule is C=C/C=c1/c(Cn2c(C(=O)NC3CCC(N)CC3)cc3ccc(C(=N)N)cc32)cc(Oc2ccc(-c3ccccc3)cc2)c/c1=C/C. The maximum atomic E-state index is 13.9. The highest BCUT2D eigenvalue weighted by molar-refractivity contribution is 6.02. The minimum atomic E-state index is -0.131. The summed E-state index contributed by atoms with van der Waals surface area (Å²) in [4.78, 5) is 13.9. The van der Waals surface area contributed by atoms with E-state index in [1.807, 2.05) is 90.4 Å². The van der Waals surface area contributed by atoms with Crippen molar-refractivity contribution in [1.82, 2.24) is 9.88 Å². The Morgan fingerprint density at radius 2 is 1.68 bits per heavy atom. The maximum Gasteiger partial charge on any atom is 0.268 e. The van der Waals surface area contributed by atoms with E-state index in [2.05, 4.69) is 36.2 Å². The van der Waals surface area contributed by atoms with Crippen LogP contribution in [0.3, 0.4) is 0 Å². The molecule has 0 saturated heterocycles. The van der Waals surface area contributed by atoms with Gasteiger partial charge in [0, 0.05) is 35.1 Å². The van der Waals surface area contributed by atoms with Crippen molar-refractivity contribution < 1.29 is 9.53 Å². The molecule has 1 heterocycles. The number of hydrogen-bond acceptors (Lipinski definition) is 4. The molecule has 7 nitrogen and oxygen atoms in total. The van der Waals surface area contributed by atoms with Crippen molar-refractivity contribution in [3.63, 3.8) is 0 Å². The third kappa shape index (κ3) is 7.05. The minimum Gasteiger partial charge on any atom is -0.457 e. The second kappa shape index (κ2) is 13.9. The molecule has 6 rings (SSSR count). The largest absolute Gasteiger partial charge is 0.457 e. The van der Waals surface area contributed by atoms with Crippen molar-refractivity contribution in [1.29, 1.82) is 5.41 Å². The summed E-state index contributed by atoms with van der Waals surface area (Å²) in [6.07, 6.45) is 9.33. The van der Waals surface area contributed by atoms with E-state index in [-0.39, 0.29) is 23.8 Å². The van der Waals surface area contributed by atoms with E-state index < -0.39 is 0 Å². The molecule has 4 aromatic carbocycles. The average Bonchev–Trinajstić information content (AvgIpc) is 3.45. The number of ether oxygens (including phenoxy) is 1. The molecular formula is C40H41N5O2. The Kier molecular flexibility index (Phi) is 9.36. The number of benzene rings is 4. The van der Waals surface area contributed by atoms with E-state index in [0.717, 1.165) is 69.5 Å². The molecule has 0 unspecified atom stereocenters. The number of nitrogens with one attached hydrogen (secondary N) is 2. The van der Waals surface area contributed by atoms with Gasteiger partial charge in [0.15, 0.2) is 0 Å². The van der Waals surface area contributed by atoms with Gasteiger partial charge < -0.3 is 26.1 Å². The molecule has 0 spiro atoms. The Labute approximate surface area is 275 Å². The molecular weight excluding hydrogens is 582 g/mol. The highest BCUT2D eigenvalue weighted by Crippen LogP contribution is 2.27. The molecule has 0 radical (unpaired) electrons. The molecule has 1 fully saturated rings. The van der Waals surface area contributed by atoms with Crippen LogP contribution in [0.5, 0.6) is 11.5 Å². The molecule has 1 aliphatic carbocycles. The zero-order valence-electron chi connectivity index (χ0n) is 26.7. The normalized spacial score (nSPS) is 17.1. The highest BCUT2D eigenvalue weighted by atomic mass is 16.5. The first-order valence-corrected chi connectivity index (χ1v) is 16.1. The number of aromatic nitrogens is 1. The van der Waals surface area contributed by atoms with Crippen LogP contribution in [0.25, 0.3) is 34.2 Å². The summed E-state index contributed by atoms with van der Waals surface area (Å²) in [6.45, 7) is 6.35. The Bertz CT molecular complexity index is 2050. The molecule has 0 bridgehead atoms. The molecule has 0 atom stereocenters. The van der Waals surface area contributed by atoms with E-state index in [0.29, 0.717) is 23.6 Å². The van der Waals surface area contributed by atoms with Crippen LogP contribution in [0.1, 0.15) is 54.2 Å². The van der Waals surface area contributed by atoms with Crippen molar-refractivity contribution >= 4 is 34.8 Å². The smallest absolute Gasteiger partial charge is 0.268 e. The lowest BCUT2D eigenvalue weighted by molar-refractivity contribution is 0.0917. The zero-order chi connectivity index (χ0) is 32.9. The first-order valence-electron chi connectivity index (χ1n) is 16.1. The molecule has 1 amide bonds. The summed E-state index contributed by atoms with van der Waals surface area (Å²) in [7, 11) is 0. The summed E-state index contributed by atoms with van der Waals surface area (Å²) in [6, 6.07) is 30.2. The van der Waals surface area contributed by atoms with Crippen LogP contribution in [0.15, 0.2) is 104 Å². The van der Waals surface area contributed by atoms with Crippen molar-refractivity contribution in [2.24, 2.45) is 11.5 Å². The Morgan fingerprint density at radius 1 is 0.957 bits per heavy atom. The summed E-state index contributed by atoms with van der Waals surface area (Å²) in [5.74, 6) is 1.25. The van der Waals surface area contributed by atoms with Gasteiger partial charge in [-0.3, -0.25) is 10.2 Å². The van der Waals surface area contributed by atoms with E-state index in [1.54, 1.807) is 6.08 Å². The quantitative estimate of drug-likeness (QED) is 0.115. The van der Waals surface area contributed by atoms with Gasteiger partial charge in [0.25, 0.3) is 5.91 Å². The zero-order valence-corrected chi connectivity index (χ0v) is 26.7. The molecule has 7 heteroatoms. The molecule has 6 N–H and O–H groups in total. The van der Waals surface area contributed by atoms with Crippen LogP contribution in [-0.2, 0) is 6.54 Å². The molecule has 47 heavy (non-hydrogen) atoms. The molecule has 5 aromatic rings. The summed E-state index contributed by atoms with van der Waals surface area (Å²) < 4.78 is 8.44. The van der Waals surface area contributed by atoms with Gasteiger partial charge in [-0.05, 0) is 96.1 Å². The predicted octanol–water partition coefficient (Wildman–Crippen LogP) is 6.20. The van der Waals surface area contributed by atoms with Gasteiger partial charge in [-0.25, -0.2) is 0 Å². The van der Waals surface area contributed by atoms with Crippen molar-refractivity contribution in [3.8, 4) is 22.6 Å². The minimum absolute atomic E-state index is 0.0265. The summed E-state index contributed by atoms with van der Waals surface area (Å²) >= 11 is 0. The Morgan fingerprint density at radius 3 is 2.36 bits per heavy atom. The highest BCUT2D eigenvalue weighted by Gasteiger charge is 2.23. The van der Waals surface area contributed by atoms with Gasteiger partial charge in [-0.15, -0.1) is 0 Å². The van der Waals surface area contributed by atoms with Crippen molar-refractivity contribution in [2.45, 2.75) is 51.2 Å². The van der Waals surface area contributed by atoms with E-state index in [9.17, 15) is 4.79 Å². The molecule has 1 aliphatic rings. The maximum absolute atomic E-state index is 13.9. The predicted molar refractivity (Wildman–Crippen MR) is 192 cm³/mol. The summed E-state index contributed by atoms with van der Waals surface area (Å²) in [5, 5.41) is 14.2. The second-order valence-electron chi connectivity index (χ2n) is 12.2. The fraction of sp³-hybridized carbons (Fsp3) is 0.200. The third-order valence-corrected chi connectivity index (χ3v) is 8.95. The van der Waals surface area contributed by atoms with E-state index in [4.69, 9.17) is 21.6 Å². The molecule has 238 valence electrons. The van der Waals surface area contributed by atoms with Crippen LogP contribution in [0.2, 0.25) is 0 Å². The van der Waals surface area contributed by atoms with Crippen LogP contribution in [0, 0.1) is 5.41 Å². The number of hydrogen-bond donors (Lipinski definition) is 4. The van der Waals surface area contributed by atoms with E-state index >= 15 is 0 Å². The number of allylic oxidation sites excluding steroid dienone is 1. The van der Waals surface area contributed by atoms with Gasteiger partial charge in [0.05, 0.1) is 0 Å². The second-order valence-corrected chi connectivity index (χ2v) is 12.2. The first kappa shape index (κ1) is 31.6. The van der Waals surface area contributed by atoms with Gasteiger partial charge >= 0.3 is 0 Å². The van der Waals surface area contributed by atoms with Gasteiger partial charge in [0.1, 0.15) is 23.0 Å². The molecule has 1 aromatic heterocycles. The number of nitrogens with two attached hydrogens (primary N) is 2. The molecule has 1 saturated carbocycles. The fourth-order valence-corrected chi connectivity index (χ4v) is 6.41. The number of rotatable bonds is 9. The lowest BCUT2D eigenvalue weighted by Crippen LogP contribution is -2.41. The van der Waals surface area contributed by atoms with Crippen molar-refractivity contribution in [3.05, 3.63) is 131 Å². The molecule has 0 aliphatic heterocycles. The summed E-state index contributed by atoms with van der Waals surface area (Å²) in [5.41, 5.74) is 17.2. The van der Waals surface area contributed by atoms with Gasteiger partial charge in [-0.1, -0.05) is 79.4 Å². The number of amides is 1. The number of fused-ring (bicyclic) bond motifs is 1. The average molecular weight is 624 g/mol. The van der Waals surface area contributed by atoms with Gasteiger partial charge in [0.2, 0.25) is 0 Å². The Hall–Kier alpha value is -5.40. The van der Waals surface area contributed by atoms with Crippen LogP contribution in [-0.4, -0.2) is 28.4 Å². The Balaban J connectivity index is 1.40. The van der Waals surface area contributed by atoms with Crippen molar-refractivity contribution in [2.75, 3.05) is 0 Å². The third-order valence-electron chi connectivity index (χ3n) is 8.95. The number of nitrogen functional groups attached to an aromatic ring is 1. The van der Waals surface area contributed by atoms with E-state index in [1.165, 1.54) is 0 Å². The van der Waals surface area contributed by atoms with Crippen LogP contribution >= 0.6 is 0 Å². The van der Waals surface area contributed by atoms with Crippen LogP contribution in [0.4, 0.5) is 0 Å². The first-order chi connectivity index (χ1) is 22.8. The lowest BCUT2D eigenvalue weighted by atomic mass is 9.92. The van der Waals surface area contributed by atoms with Gasteiger partial charge in [-0.2, -0.15) is 0 Å². The number of amidine groups is 1. The number of carbonyl (C=O) groups excluding carboxylic acids is 1. The number of carbonyl (C=O) groups is 1. The standard InChI is InChI=1S/C40H41N5O2/c1-3-8-36-26(4-2)21-35(47-34-19-13-28(14-20-34)27-9-6-5-7-10-27)22-31(36)25-45-37-24-30(39(42)43)12-11-29(37)23-38(45)40(46)44-33-17-15-32(41)16-18-33/h3-14,19-24,32-33H,1,15-18,25,41H2,2H3,(H3,42,43)(H,44,46)/b26-4-,36-8+. The number of nitrogens with zero attached hydrogens (tertiary/aromatic N) is 1. The lowest BCUT2D eigenvalue weighted by Gasteiger charge is -2.27. The fourth-order valence-electron chi connectivity index (χ4n) is 6.41. The van der Waals surface area contributed by atoms with Crippen LogP contribution < -0.4 is 32.0 Å². The monoisotopic (exact) mass is 623 g/mol. The topological polar surface area (TPSA) is 119 Å².